The van der Waals surface area contributed by atoms with Crippen molar-refractivity contribution in [3.8, 4) is 11.4 Å². The molecule has 0 bridgehead atoms. The first-order valence-corrected chi connectivity index (χ1v) is 9.78. The Morgan fingerprint density at radius 1 is 1.15 bits per heavy atom. The quantitative estimate of drug-likeness (QED) is 0.342. The van der Waals surface area contributed by atoms with Crippen LogP contribution in [0.1, 0.15) is 0 Å². The van der Waals surface area contributed by atoms with Gasteiger partial charge < -0.3 is 0 Å². The average molecular weight is 431 g/mol. The minimum atomic E-state index is -4.03. The Morgan fingerprint density at radius 3 is 2.50 bits per heavy atom. The molecule has 3 rings (SSSR count). The maximum atomic E-state index is 12.5. The van der Waals surface area contributed by atoms with Crippen molar-refractivity contribution in [1.29, 1.82) is 0 Å². The lowest BCUT2D eigenvalue weighted by atomic mass is 10.2. The molecule has 0 saturated heterocycles. The van der Waals surface area contributed by atoms with Crippen molar-refractivity contribution >= 4 is 55.8 Å². The van der Waals surface area contributed by atoms with E-state index in [4.69, 9.17) is 23.4 Å². The van der Waals surface area contributed by atoms with Crippen molar-refractivity contribution < 1.29 is 13.3 Å². The Balaban J connectivity index is 1.98. The SMILES string of the molecule is O=[N+]([O-])c1ccc(Cl)c(-c2nsc(N(Cl)S(=O)(=O)c3ccccc3)n2)c1. The van der Waals surface area contributed by atoms with Crippen molar-refractivity contribution in [2.24, 2.45) is 0 Å². The number of anilines is 1. The minimum absolute atomic E-state index is 0.0138. The van der Waals surface area contributed by atoms with Gasteiger partial charge in [0, 0.05) is 41.0 Å². The maximum absolute atomic E-state index is 12.5. The average Bonchev–Trinajstić information content (AvgIpc) is 3.11. The highest BCUT2D eigenvalue weighted by atomic mass is 35.5. The van der Waals surface area contributed by atoms with Crippen LogP contribution in [0.4, 0.5) is 10.8 Å². The summed E-state index contributed by atoms with van der Waals surface area (Å²) in [6.45, 7) is 0. The molecule has 0 unspecified atom stereocenters. The molecule has 2 aromatic carbocycles. The molecule has 0 aliphatic carbocycles. The van der Waals surface area contributed by atoms with Crippen LogP contribution < -0.4 is 3.82 Å². The molecule has 0 amide bonds. The van der Waals surface area contributed by atoms with Gasteiger partial charge in [0.2, 0.25) is 5.13 Å². The van der Waals surface area contributed by atoms with Crippen LogP contribution in [0.5, 0.6) is 0 Å². The zero-order chi connectivity index (χ0) is 18.9. The van der Waals surface area contributed by atoms with E-state index in [9.17, 15) is 18.5 Å². The molecule has 1 aromatic heterocycles. The topological polar surface area (TPSA) is 106 Å². The first-order valence-electron chi connectivity index (χ1n) is 6.85. The molecule has 8 nitrogen and oxygen atoms in total. The van der Waals surface area contributed by atoms with Crippen LogP contribution in [0, 0.1) is 10.1 Å². The van der Waals surface area contributed by atoms with Gasteiger partial charge in [-0.1, -0.05) is 29.8 Å². The predicted octanol–water partition coefficient (Wildman–Crippen LogP) is 4.12. The number of sulfonamides is 1. The zero-order valence-electron chi connectivity index (χ0n) is 12.6. The number of benzene rings is 2. The molecule has 1 heterocycles. The van der Waals surface area contributed by atoms with Crippen molar-refractivity contribution in [1.82, 2.24) is 9.36 Å². The second kappa shape index (κ2) is 7.16. The zero-order valence-corrected chi connectivity index (χ0v) is 15.8. The molecule has 134 valence electrons. The Hall–Kier alpha value is -2.27. The van der Waals surface area contributed by atoms with Crippen LogP contribution in [-0.4, -0.2) is 22.7 Å². The van der Waals surface area contributed by atoms with E-state index in [2.05, 4.69) is 9.36 Å². The van der Waals surface area contributed by atoms with E-state index in [0.717, 1.165) is 11.5 Å². The van der Waals surface area contributed by atoms with E-state index in [1.54, 1.807) is 18.2 Å². The fourth-order valence-electron chi connectivity index (χ4n) is 1.98. The van der Waals surface area contributed by atoms with Crippen LogP contribution in [-0.2, 0) is 10.0 Å². The van der Waals surface area contributed by atoms with Gasteiger partial charge in [0.1, 0.15) is 0 Å². The van der Waals surface area contributed by atoms with Crippen molar-refractivity contribution in [2.45, 2.75) is 4.90 Å². The number of hydrogen-bond acceptors (Lipinski definition) is 7. The van der Waals surface area contributed by atoms with E-state index >= 15 is 0 Å². The van der Waals surface area contributed by atoms with Crippen LogP contribution in [0.15, 0.2) is 53.4 Å². The van der Waals surface area contributed by atoms with E-state index < -0.39 is 14.9 Å². The summed E-state index contributed by atoms with van der Waals surface area (Å²) < 4.78 is 29.5. The Labute approximate surface area is 162 Å². The normalized spacial score (nSPS) is 11.3. The number of nitrogens with zero attached hydrogens (tertiary/aromatic N) is 4. The molecule has 26 heavy (non-hydrogen) atoms. The second-order valence-corrected chi connectivity index (χ2v) is 8.32. The van der Waals surface area contributed by atoms with E-state index in [1.165, 1.54) is 30.3 Å². The predicted molar refractivity (Wildman–Crippen MR) is 99.0 cm³/mol. The number of non-ortho nitro benzene ring substituents is 1. The molecule has 0 N–H and O–H groups in total. The standard InChI is InChI=1S/C14H8Cl2N4O4S2/c15-12-7-6-9(20(21)22)8-11(12)13-17-14(25-18-13)19(16)26(23,24)10-4-2-1-3-5-10/h1-8H. The number of aromatic nitrogens is 2. The van der Waals surface area contributed by atoms with Gasteiger partial charge in [0.25, 0.3) is 15.7 Å². The van der Waals surface area contributed by atoms with Crippen molar-refractivity contribution in [2.75, 3.05) is 3.82 Å². The summed E-state index contributed by atoms with van der Waals surface area (Å²) in [5, 5.41) is 11.0. The Morgan fingerprint density at radius 2 is 1.85 bits per heavy atom. The van der Waals surface area contributed by atoms with Crippen molar-refractivity contribution in [3.63, 3.8) is 0 Å². The monoisotopic (exact) mass is 430 g/mol. The molecular weight excluding hydrogens is 423 g/mol. The summed E-state index contributed by atoms with van der Waals surface area (Å²) >= 11 is 12.7. The maximum Gasteiger partial charge on any atom is 0.280 e. The largest absolute Gasteiger partial charge is 0.280 e. The van der Waals surface area contributed by atoms with Gasteiger partial charge in [-0.3, -0.25) is 10.1 Å². The molecule has 0 aliphatic heterocycles. The van der Waals surface area contributed by atoms with Crippen LogP contribution in [0.3, 0.4) is 0 Å². The summed E-state index contributed by atoms with van der Waals surface area (Å²) in [5.74, 6) is 0.0348. The molecule has 0 aliphatic rings. The van der Waals surface area contributed by atoms with Crippen LogP contribution in [0.2, 0.25) is 5.02 Å². The Bertz CT molecular complexity index is 1070. The summed E-state index contributed by atoms with van der Waals surface area (Å²) in [4.78, 5) is 14.4. The summed E-state index contributed by atoms with van der Waals surface area (Å²) in [7, 11) is -4.03. The van der Waals surface area contributed by atoms with Crippen LogP contribution >= 0.6 is 34.9 Å². The number of nitro groups is 1. The molecule has 12 heteroatoms. The van der Waals surface area contributed by atoms with Gasteiger partial charge >= 0.3 is 0 Å². The molecule has 0 radical (unpaired) electrons. The summed E-state index contributed by atoms with van der Waals surface area (Å²) in [6, 6.07) is 11.4. The molecule has 0 spiro atoms. The van der Waals surface area contributed by atoms with Gasteiger partial charge in [-0.05, 0) is 18.2 Å². The van der Waals surface area contributed by atoms with Gasteiger partial charge in [-0.15, -0.1) is 3.82 Å². The highest BCUT2D eigenvalue weighted by Gasteiger charge is 2.27. The molecule has 0 atom stereocenters. The summed E-state index contributed by atoms with van der Waals surface area (Å²) in [5.41, 5.74) is 0.00549. The third-order valence-electron chi connectivity index (χ3n) is 3.22. The van der Waals surface area contributed by atoms with Gasteiger partial charge in [0.05, 0.1) is 14.8 Å². The van der Waals surface area contributed by atoms with Gasteiger partial charge in [-0.25, -0.2) is 0 Å². The Kier molecular flexibility index (Phi) is 5.10. The molecule has 3 aromatic rings. The van der Waals surface area contributed by atoms with Crippen LogP contribution in [0.25, 0.3) is 11.4 Å². The number of rotatable bonds is 5. The van der Waals surface area contributed by atoms with E-state index in [0.29, 0.717) is 3.82 Å². The highest BCUT2D eigenvalue weighted by Crippen LogP contribution is 2.34. The lowest BCUT2D eigenvalue weighted by Crippen LogP contribution is -2.21. The first-order chi connectivity index (χ1) is 12.3. The first kappa shape index (κ1) is 18.5. The molecule has 0 fully saturated rings. The lowest BCUT2D eigenvalue weighted by Gasteiger charge is -2.12. The number of nitro benzene ring substituents is 1. The molecular formula is C14H8Cl2N4O4S2. The highest BCUT2D eigenvalue weighted by molar-refractivity contribution is 7.94. The fraction of sp³-hybridized carbons (Fsp3) is 0. The van der Waals surface area contributed by atoms with Crippen molar-refractivity contribution in [3.05, 3.63) is 63.7 Å². The van der Waals surface area contributed by atoms with E-state index in [1.807, 2.05) is 0 Å². The second-order valence-electron chi connectivity index (χ2n) is 4.85. The van der Waals surface area contributed by atoms with Gasteiger partial charge in [0.15, 0.2) is 5.82 Å². The smallest absolute Gasteiger partial charge is 0.258 e. The third kappa shape index (κ3) is 3.49. The number of hydrogen-bond donors (Lipinski definition) is 0. The lowest BCUT2D eigenvalue weighted by molar-refractivity contribution is -0.384. The van der Waals surface area contributed by atoms with Gasteiger partial charge in [-0.2, -0.15) is 17.8 Å². The minimum Gasteiger partial charge on any atom is -0.258 e. The van der Waals surface area contributed by atoms with E-state index in [-0.39, 0.29) is 32.1 Å². The fourth-order valence-corrected chi connectivity index (χ4v) is 4.38. The summed E-state index contributed by atoms with van der Waals surface area (Å²) in [6.07, 6.45) is 0. The molecule has 0 saturated carbocycles. The third-order valence-corrected chi connectivity index (χ3v) is 6.63. The number of halogens is 2.